The van der Waals surface area contributed by atoms with E-state index in [4.69, 9.17) is 11.6 Å². The van der Waals surface area contributed by atoms with E-state index in [1.165, 1.54) is 16.6 Å². The number of nitrogens with one attached hydrogen (secondary N) is 2. The minimum Gasteiger partial charge on any atom is -0.356 e. The van der Waals surface area contributed by atoms with Gasteiger partial charge in [-0.05, 0) is 25.5 Å². The molecule has 0 aliphatic carbocycles. The van der Waals surface area contributed by atoms with Crippen molar-refractivity contribution in [3.8, 4) is 0 Å². The van der Waals surface area contributed by atoms with Crippen LogP contribution in [0.25, 0.3) is 10.9 Å². The molecule has 2 heterocycles. The Labute approximate surface area is 148 Å². The zero-order valence-corrected chi connectivity index (χ0v) is 15.1. The number of aromatic amines is 1. The van der Waals surface area contributed by atoms with Crippen molar-refractivity contribution in [2.75, 3.05) is 39.3 Å². The van der Waals surface area contributed by atoms with E-state index in [-0.39, 0.29) is 5.91 Å². The number of fused-ring (bicyclic) bond motifs is 1. The van der Waals surface area contributed by atoms with Crippen LogP contribution in [0.2, 0.25) is 5.02 Å². The van der Waals surface area contributed by atoms with Gasteiger partial charge in [0.1, 0.15) is 0 Å². The number of hydrogen-bond donors (Lipinski definition) is 2. The smallest absolute Gasteiger partial charge is 0.234 e. The highest BCUT2D eigenvalue weighted by atomic mass is 35.5. The fourth-order valence-electron chi connectivity index (χ4n) is 3.31. The zero-order valence-electron chi connectivity index (χ0n) is 14.4. The second-order valence-corrected chi connectivity index (χ2v) is 6.80. The maximum absolute atomic E-state index is 11.7. The number of carbonyl (C=O) groups is 1. The molecule has 1 amide bonds. The van der Waals surface area contributed by atoms with Gasteiger partial charge in [0, 0.05) is 50.3 Å². The number of likely N-dealkylation sites (N-methyl/N-ethyl adjacent to an activating group) is 1. The first-order valence-corrected chi connectivity index (χ1v) is 8.93. The Kier molecular flexibility index (Phi) is 5.43. The fourth-order valence-corrected chi connectivity index (χ4v) is 3.54. The van der Waals surface area contributed by atoms with Crippen molar-refractivity contribution in [3.63, 3.8) is 0 Å². The molecule has 130 valence electrons. The highest BCUT2D eigenvalue weighted by Gasteiger charge is 2.20. The fraction of sp³-hybridized carbons (Fsp3) is 0.500. The molecule has 1 aliphatic heterocycles. The van der Waals surface area contributed by atoms with Crippen LogP contribution in [0.15, 0.2) is 18.2 Å². The molecule has 6 heteroatoms. The normalized spacial score (nSPS) is 16.6. The van der Waals surface area contributed by atoms with Crippen molar-refractivity contribution < 1.29 is 4.79 Å². The Morgan fingerprint density at radius 1 is 1.25 bits per heavy atom. The molecule has 2 aromatic rings. The van der Waals surface area contributed by atoms with Crippen molar-refractivity contribution in [3.05, 3.63) is 34.5 Å². The number of carbonyl (C=O) groups excluding carboxylic acids is 1. The summed E-state index contributed by atoms with van der Waals surface area (Å²) in [6.45, 7) is 9.99. The Hall–Kier alpha value is -1.56. The van der Waals surface area contributed by atoms with Gasteiger partial charge < -0.3 is 10.3 Å². The summed E-state index contributed by atoms with van der Waals surface area (Å²) in [5, 5.41) is 4.83. The van der Waals surface area contributed by atoms with Gasteiger partial charge in [-0.3, -0.25) is 14.6 Å². The summed E-state index contributed by atoms with van der Waals surface area (Å²) in [6, 6.07) is 6.03. The Balaban J connectivity index is 1.60. The van der Waals surface area contributed by atoms with Crippen molar-refractivity contribution in [2.45, 2.75) is 20.4 Å². The summed E-state index contributed by atoms with van der Waals surface area (Å²) < 4.78 is 0. The minimum atomic E-state index is 0.118. The van der Waals surface area contributed by atoms with Crippen LogP contribution in [0, 0.1) is 6.92 Å². The molecule has 1 aromatic heterocycles. The van der Waals surface area contributed by atoms with Gasteiger partial charge in [0.2, 0.25) is 5.91 Å². The highest BCUT2D eigenvalue weighted by molar-refractivity contribution is 6.35. The lowest BCUT2D eigenvalue weighted by Gasteiger charge is -2.34. The number of aromatic nitrogens is 1. The number of hydrogen-bond acceptors (Lipinski definition) is 3. The van der Waals surface area contributed by atoms with E-state index < -0.39 is 0 Å². The van der Waals surface area contributed by atoms with Crippen molar-refractivity contribution in [1.82, 2.24) is 20.1 Å². The first-order chi connectivity index (χ1) is 11.6. The molecule has 0 atom stereocenters. The first kappa shape index (κ1) is 17.3. The van der Waals surface area contributed by atoms with Gasteiger partial charge in [0.05, 0.1) is 17.1 Å². The van der Waals surface area contributed by atoms with E-state index in [2.05, 4.69) is 33.1 Å². The molecule has 0 saturated carbocycles. The molecule has 2 N–H and O–H groups in total. The molecule has 1 saturated heterocycles. The quantitative estimate of drug-likeness (QED) is 0.872. The summed E-state index contributed by atoms with van der Waals surface area (Å²) in [7, 11) is 0. The van der Waals surface area contributed by atoms with E-state index in [9.17, 15) is 4.79 Å². The van der Waals surface area contributed by atoms with Crippen LogP contribution in [0.3, 0.4) is 0 Å². The predicted molar refractivity (Wildman–Crippen MR) is 98.4 cm³/mol. The van der Waals surface area contributed by atoms with Gasteiger partial charge in [-0.1, -0.05) is 23.7 Å². The van der Waals surface area contributed by atoms with E-state index in [0.717, 1.165) is 43.3 Å². The largest absolute Gasteiger partial charge is 0.356 e. The standard InChI is InChI=1S/C18H25ClN4O/c1-3-20-17(24)12-23-9-7-22(8-10-23)11-16-13(2)14-5-4-6-15(19)18(14)21-16/h4-6,21H,3,7-12H2,1-2H3,(H,20,24). The lowest BCUT2D eigenvalue weighted by atomic mass is 10.1. The third-order valence-electron chi connectivity index (χ3n) is 4.73. The molecule has 1 aliphatic rings. The van der Waals surface area contributed by atoms with Crippen molar-refractivity contribution >= 4 is 28.4 Å². The van der Waals surface area contributed by atoms with Crippen LogP contribution in [-0.2, 0) is 11.3 Å². The predicted octanol–water partition coefficient (Wildman–Crippen LogP) is 2.38. The lowest BCUT2D eigenvalue weighted by Crippen LogP contribution is -2.49. The zero-order chi connectivity index (χ0) is 17.1. The SMILES string of the molecule is CCNC(=O)CN1CCN(Cc2[nH]c3c(Cl)cccc3c2C)CC1. The van der Waals surface area contributed by atoms with Gasteiger partial charge in [-0.2, -0.15) is 0 Å². The molecule has 0 spiro atoms. The second-order valence-electron chi connectivity index (χ2n) is 6.40. The number of para-hydroxylation sites is 1. The van der Waals surface area contributed by atoms with Gasteiger partial charge in [0.25, 0.3) is 0 Å². The van der Waals surface area contributed by atoms with Crippen LogP contribution in [-0.4, -0.2) is 60.0 Å². The maximum atomic E-state index is 11.7. The number of halogens is 1. The number of nitrogens with zero attached hydrogens (tertiary/aromatic N) is 2. The monoisotopic (exact) mass is 348 g/mol. The molecule has 1 aromatic carbocycles. The van der Waals surface area contributed by atoms with E-state index in [1.54, 1.807) is 0 Å². The molecule has 0 radical (unpaired) electrons. The van der Waals surface area contributed by atoms with Crippen LogP contribution < -0.4 is 5.32 Å². The molecule has 0 bridgehead atoms. The number of rotatable bonds is 5. The summed E-state index contributed by atoms with van der Waals surface area (Å²) in [4.78, 5) is 19.8. The topological polar surface area (TPSA) is 51.4 Å². The summed E-state index contributed by atoms with van der Waals surface area (Å²) in [5.41, 5.74) is 3.54. The summed E-state index contributed by atoms with van der Waals surface area (Å²) in [6.07, 6.45) is 0. The molecular formula is C18H25ClN4O. The molecule has 3 rings (SSSR count). The van der Waals surface area contributed by atoms with Gasteiger partial charge in [-0.25, -0.2) is 0 Å². The molecule has 5 nitrogen and oxygen atoms in total. The Bertz CT molecular complexity index is 719. The molecule has 0 unspecified atom stereocenters. The van der Waals surface area contributed by atoms with Gasteiger partial charge in [-0.15, -0.1) is 0 Å². The number of H-pyrrole nitrogens is 1. The molecular weight excluding hydrogens is 324 g/mol. The van der Waals surface area contributed by atoms with Gasteiger partial charge >= 0.3 is 0 Å². The third kappa shape index (κ3) is 3.74. The first-order valence-electron chi connectivity index (χ1n) is 8.55. The lowest BCUT2D eigenvalue weighted by molar-refractivity contribution is -0.122. The van der Waals surface area contributed by atoms with Crippen molar-refractivity contribution in [1.29, 1.82) is 0 Å². The minimum absolute atomic E-state index is 0.118. The number of amides is 1. The number of piperazine rings is 1. The highest BCUT2D eigenvalue weighted by Crippen LogP contribution is 2.28. The Morgan fingerprint density at radius 2 is 1.96 bits per heavy atom. The van der Waals surface area contributed by atoms with Crippen molar-refractivity contribution in [2.24, 2.45) is 0 Å². The van der Waals surface area contributed by atoms with Crippen LogP contribution in [0.5, 0.6) is 0 Å². The van der Waals surface area contributed by atoms with E-state index in [0.29, 0.717) is 13.1 Å². The van der Waals surface area contributed by atoms with Crippen LogP contribution in [0.4, 0.5) is 0 Å². The average Bonchev–Trinajstić information content (AvgIpc) is 2.88. The summed E-state index contributed by atoms with van der Waals surface area (Å²) >= 11 is 6.29. The Morgan fingerprint density at radius 3 is 2.62 bits per heavy atom. The molecule has 24 heavy (non-hydrogen) atoms. The third-order valence-corrected chi connectivity index (χ3v) is 5.05. The van der Waals surface area contributed by atoms with Crippen LogP contribution in [0.1, 0.15) is 18.2 Å². The van der Waals surface area contributed by atoms with Gasteiger partial charge in [0.15, 0.2) is 0 Å². The average molecular weight is 349 g/mol. The second kappa shape index (κ2) is 7.55. The van der Waals surface area contributed by atoms with Crippen LogP contribution >= 0.6 is 11.6 Å². The maximum Gasteiger partial charge on any atom is 0.234 e. The number of benzene rings is 1. The van der Waals surface area contributed by atoms with E-state index in [1.807, 2.05) is 19.1 Å². The number of aryl methyl sites for hydroxylation is 1. The molecule has 1 fully saturated rings. The summed E-state index contributed by atoms with van der Waals surface area (Å²) in [5.74, 6) is 0.118. The van der Waals surface area contributed by atoms with E-state index >= 15 is 0 Å².